The second-order valence-electron chi connectivity index (χ2n) is 5.39. The maximum absolute atomic E-state index is 5.43. The van der Waals surface area contributed by atoms with Gasteiger partial charge in [0.25, 0.3) is 0 Å². The Kier molecular flexibility index (Phi) is 6.89. The smallest absolute Gasteiger partial charge is 0.171 e. The number of ether oxygens (including phenoxy) is 3. The van der Waals surface area contributed by atoms with Crippen LogP contribution in [0, 0.1) is 0 Å². The summed E-state index contributed by atoms with van der Waals surface area (Å²) in [6, 6.07) is 13.3. The van der Waals surface area contributed by atoms with Crippen LogP contribution < -0.4 is 24.8 Å². The van der Waals surface area contributed by atoms with Crippen LogP contribution in [0.5, 0.6) is 17.2 Å². The molecule has 2 N–H and O–H groups in total. The first kappa shape index (κ1) is 18.9. The number of hydrogen-bond acceptors (Lipinski definition) is 4. The van der Waals surface area contributed by atoms with Gasteiger partial charge in [-0.3, -0.25) is 0 Å². The minimum Gasteiger partial charge on any atom is -0.497 e. The number of rotatable bonds is 7. The molecule has 0 aliphatic carbocycles. The SMILES string of the molecule is CCOc1ccc(NC(=S)NC(C)c2cc(OC)ccc2OC)cc1. The molecule has 2 rings (SSSR count). The fraction of sp³-hybridized carbons (Fsp3) is 0.316. The highest BCUT2D eigenvalue weighted by atomic mass is 32.1. The predicted molar refractivity (Wildman–Crippen MR) is 105 cm³/mol. The summed E-state index contributed by atoms with van der Waals surface area (Å²) < 4.78 is 16.2. The van der Waals surface area contributed by atoms with Crippen molar-refractivity contribution in [2.45, 2.75) is 19.9 Å². The van der Waals surface area contributed by atoms with Gasteiger partial charge in [-0.05, 0) is 68.5 Å². The Bertz CT molecular complexity index is 704. The topological polar surface area (TPSA) is 51.8 Å². The van der Waals surface area contributed by atoms with Gasteiger partial charge in [-0.15, -0.1) is 0 Å². The summed E-state index contributed by atoms with van der Waals surface area (Å²) in [5.74, 6) is 2.39. The lowest BCUT2D eigenvalue weighted by Gasteiger charge is -2.20. The fourth-order valence-corrected chi connectivity index (χ4v) is 2.72. The molecular weight excluding hydrogens is 336 g/mol. The zero-order valence-electron chi connectivity index (χ0n) is 15.0. The number of anilines is 1. The predicted octanol–water partition coefficient (Wildman–Crippen LogP) is 4.15. The number of nitrogens with one attached hydrogen (secondary N) is 2. The van der Waals surface area contributed by atoms with Crippen molar-refractivity contribution in [3.05, 3.63) is 48.0 Å². The molecule has 134 valence electrons. The van der Waals surface area contributed by atoms with Crippen molar-refractivity contribution < 1.29 is 14.2 Å². The number of thiocarbonyl (C=S) groups is 1. The molecule has 0 bridgehead atoms. The first-order chi connectivity index (χ1) is 12.1. The van der Waals surface area contributed by atoms with Crippen molar-refractivity contribution in [2.75, 3.05) is 26.1 Å². The molecule has 0 saturated heterocycles. The van der Waals surface area contributed by atoms with Gasteiger partial charge >= 0.3 is 0 Å². The molecule has 0 aliphatic heterocycles. The first-order valence-corrected chi connectivity index (χ1v) is 8.50. The molecule has 1 atom stereocenters. The largest absolute Gasteiger partial charge is 0.497 e. The first-order valence-electron chi connectivity index (χ1n) is 8.09. The summed E-state index contributed by atoms with van der Waals surface area (Å²) in [7, 11) is 3.29. The van der Waals surface area contributed by atoms with Crippen LogP contribution in [0.1, 0.15) is 25.5 Å². The van der Waals surface area contributed by atoms with E-state index in [0.717, 1.165) is 28.5 Å². The molecule has 0 saturated carbocycles. The van der Waals surface area contributed by atoms with Crippen molar-refractivity contribution in [1.82, 2.24) is 5.32 Å². The van der Waals surface area contributed by atoms with E-state index in [1.165, 1.54) is 0 Å². The minimum absolute atomic E-state index is 0.0484. The molecule has 0 amide bonds. The van der Waals surface area contributed by atoms with Gasteiger partial charge in [0.2, 0.25) is 0 Å². The molecule has 25 heavy (non-hydrogen) atoms. The molecule has 6 heteroatoms. The zero-order chi connectivity index (χ0) is 18.2. The highest BCUT2D eigenvalue weighted by molar-refractivity contribution is 7.80. The number of hydrogen-bond donors (Lipinski definition) is 2. The number of benzene rings is 2. The van der Waals surface area contributed by atoms with E-state index in [0.29, 0.717) is 11.7 Å². The average molecular weight is 360 g/mol. The Balaban J connectivity index is 2.02. The lowest BCUT2D eigenvalue weighted by molar-refractivity contribution is 0.340. The monoisotopic (exact) mass is 360 g/mol. The van der Waals surface area contributed by atoms with E-state index in [4.69, 9.17) is 26.4 Å². The van der Waals surface area contributed by atoms with Gasteiger partial charge in [0.1, 0.15) is 17.2 Å². The highest BCUT2D eigenvalue weighted by Crippen LogP contribution is 2.29. The molecule has 0 fully saturated rings. The third-order valence-corrected chi connectivity index (χ3v) is 3.89. The zero-order valence-corrected chi connectivity index (χ0v) is 15.8. The molecule has 2 aromatic carbocycles. The van der Waals surface area contributed by atoms with Crippen LogP contribution in [0.4, 0.5) is 5.69 Å². The van der Waals surface area contributed by atoms with E-state index in [1.54, 1.807) is 14.2 Å². The van der Waals surface area contributed by atoms with E-state index in [9.17, 15) is 0 Å². The summed E-state index contributed by atoms with van der Waals surface area (Å²) in [6.45, 7) is 4.62. The Morgan fingerprint density at radius 2 is 1.72 bits per heavy atom. The van der Waals surface area contributed by atoms with Gasteiger partial charge in [0.15, 0.2) is 5.11 Å². The van der Waals surface area contributed by atoms with Crippen LogP contribution in [-0.4, -0.2) is 25.9 Å². The van der Waals surface area contributed by atoms with Gasteiger partial charge in [0, 0.05) is 11.3 Å². The highest BCUT2D eigenvalue weighted by Gasteiger charge is 2.14. The standard InChI is InChI=1S/C19H24N2O3S/c1-5-24-15-8-6-14(7-9-15)21-19(25)20-13(2)17-12-16(22-3)10-11-18(17)23-4/h6-13H,5H2,1-4H3,(H2,20,21,25). The molecule has 0 radical (unpaired) electrons. The van der Waals surface area contributed by atoms with Crippen LogP contribution in [0.15, 0.2) is 42.5 Å². The van der Waals surface area contributed by atoms with E-state index in [2.05, 4.69) is 10.6 Å². The van der Waals surface area contributed by atoms with E-state index >= 15 is 0 Å². The molecule has 0 aliphatic rings. The minimum atomic E-state index is -0.0484. The summed E-state index contributed by atoms with van der Waals surface area (Å²) in [5, 5.41) is 6.96. The summed E-state index contributed by atoms with van der Waals surface area (Å²) in [5.41, 5.74) is 1.86. The molecule has 1 unspecified atom stereocenters. The van der Waals surface area contributed by atoms with Crippen LogP contribution >= 0.6 is 12.2 Å². The van der Waals surface area contributed by atoms with Crippen LogP contribution in [-0.2, 0) is 0 Å². The fourth-order valence-electron chi connectivity index (χ4n) is 2.42. The quantitative estimate of drug-likeness (QED) is 0.724. The summed E-state index contributed by atoms with van der Waals surface area (Å²) in [4.78, 5) is 0. The van der Waals surface area contributed by atoms with Crippen molar-refractivity contribution in [3.63, 3.8) is 0 Å². The summed E-state index contributed by atoms with van der Waals surface area (Å²) in [6.07, 6.45) is 0. The van der Waals surface area contributed by atoms with Gasteiger partial charge in [0.05, 0.1) is 26.9 Å². The third-order valence-electron chi connectivity index (χ3n) is 3.67. The van der Waals surface area contributed by atoms with Crippen LogP contribution in [0.25, 0.3) is 0 Å². The molecular formula is C19H24N2O3S. The van der Waals surface area contributed by atoms with Crippen molar-refractivity contribution in [2.24, 2.45) is 0 Å². The van der Waals surface area contributed by atoms with Crippen molar-refractivity contribution in [3.8, 4) is 17.2 Å². The van der Waals surface area contributed by atoms with Crippen LogP contribution in [0.2, 0.25) is 0 Å². The Labute approximate surface area is 154 Å². The summed E-state index contributed by atoms with van der Waals surface area (Å²) >= 11 is 5.41. The Morgan fingerprint density at radius 1 is 1.04 bits per heavy atom. The molecule has 2 aromatic rings. The van der Waals surface area contributed by atoms with E-state index in [1.807, 2.05) is 56.3 Å². The van der Waals surface area contributed by atoms with E-state index < -0.39 is 0 Å². The van der Waals surface area contributed by atoms with Crippen molar-refractivity contribution in [1.29, 1.82) is 0 Å². The van der Waals surface area contributed by atoms with Gasteiger partial charge in [-0.1, -0.05) is 0 Å². The normalized spacial score (nSPS) is 11.4. The Morgan fingerprint density at radius 3 is 2.32 bits per heavy atom. The molecule has 0 aromatic heterocycles. The maximum Gasteiger partial charge on any atom is 0.171 e. The van der Waals surface area contributed by atoms with Crippen molar-refractivity contribution >= 4 is 23.0 Å². The molecule has 0 heterocycles. The second-order valence-corrected chi connectivity index (χ2v) is 5.79. The van der Waals surface area contributed by atoms with Crippen LogP contribution in [0.3, 0.4) is 0 Å². The van der Waals surface area contributed by atoms with Gasteiger partial charge in [-0.2, -0.15) is 0 Å². The average Bonchev–Trinajstić information content (AvgIpc) is 2.62. The second kappa shape index (κ2) is 9.13. The van der Waals surface area contributed by atoms with Gasteiger partial charge in [-0.25, -0.2) is 0 Å². The lowest BCUT2D eigenvalue weighted by Crippen LogP contribution is -2.31. The number of methoxy groups -OCH3 is 2. The Hall–Kier alpha value is -2.47. The molecule has 0 spiro atoms. The van der Waals surface area contributed by atoms with Gasteiger partial charge < -0.3 is 24.8 Å². The third kappa shape index (κ3) is 5.26. The van der Waals surface area contributed by atoms with E-state index in [-0.39, 0.29) is 6.04 Å². The molecule has 5 nitrogen and oxygen atoms in total. The maximum atomic E-state index is 5.43. The lowest BCUT2D eigenvalue weighted by atomic mass is 10.1.